The third-order valence-corrected chi connectivity index (χ3v) is 6.80. The summed E-state index contributed by atoms with van der Waals surface area (Å²) in [4.78, 5) is 11.9. The van der Waals surface area contributed by atoms with E-state index in [9.17, 15) is 13.2 Å². The summed E-state index contributed by atoms with van der Waals surface area (Å²) >= 11 is 1.30. The van der Waals surface area contributed by atoms with Gasteiger partial charge >= 0.3 is 6.09 Å². The van der Waals surface area contributed by atoms with E-state index in [-0.39, 0.29) is 23.4 Å². The van der Waals surface area contributed by atoms with Crippen molar-refractivity contribution in [3.63, 3.8) is 0 Å². The number of carbonyl (C=O) groups excluding carboxylic acids is 1. The highest BCUT2D eigenvalue weighted by Gasteiger charge is 2.31. The Morgan fingerprint density at radius 1 is 1.36 bits per heavy atom. The average molecular weight is 382 g/mol. The molecule has 1 N–H and O–H groups in total. The van der Waals surface area contributed by atoms with Crippen LogP contribution in [0.1, 0.15) is 13.3 Å². The van der Waals surface area contributed by atoms with Gasteiger partial charge in [-0.1, -0.05) is 42.1 Å². The average Bonchev–Trinajstić information content (AvgIpc) is 3.12. The highest BCUT2D eigenvalue weighted by Crippen LogP contribution is 2.31. The first kappa shape index (κ1) is 17.7. The van der Waals surface area contributed by atoms with Crippen molar-refractivity contribution in [1.29, 1.82) is 0 Å². The van der Waals surface area contributed by atoms with E-state index in [1.54, 1.807) is 6.92 Å². The maximum Gasteiger partial charge on any atom is 0.426 e. The molecule has 25 heavy (non-hydrogen) atoms. The molecule has 1 amide bonds. The number of sulfone groups is 1. The van der Waals surface area contributed by atoms with E-state index in [0.717, 1.165) is 5.56 Å². The molecule has 10 heteroatoms. The second kappa shape index (κ2) is 7.44. The van der Waals surface area contributed by atoms with Crippen LogP contribution in [0, 0.1) is 0 Å². The number of hydrogen-bond donors (Lipinski definition) is 1. The molecular formula is C15H18N4O4S2. The minimum Gasteiger partial charge on any atom is -0.449 e. The maximum atomic E-state index is 11.9. The van der Waals surface area contributed by atoms with Crippen LogP contribution in [-0.4, -0.2) is 52.7 Å². The lowest BCUT2D eigenvalue weighted by molar-refractivity contribution is 0.164. The van der Waals surface area contributed by atoms with Crippen molar-refractivity contribution in [2.45, 2.75) is 23.8 Å². The molecule has 1 aromatic carbocycles. The fourth-order valence-electron chi connectivity index (χ4n) is 2.48. The van der Waals surface area contributed by atoms with Gasteiger partial charge in [-0.15, -0.1) is 10.2 Å². The fraction of sp³-hybridized carbons (Fsp3) is 0.400. The Bertz CT molecular complexity index is 852. The van der Waals surface area contributed by atoms with Gasteiger partial charge in [0.2, 0.25) is 5.16 Å². The van der Waals surface area contributed by atoms with Gasteiger partial charge in [-0.2, -0.15) is 0 Å². The predicted molar refractivity (Wildman–Crippen MR) is 94.8 cm³/mol. The van der Waals surface area contributed by atoms with Crippen LogP contribution in [0.25, 0.3) is 11.4 Å². The molecule has 1 atom stereocenters. The molecular weight excluding hydrogens is 364 g/mol. The maximum absolute atomic E-state index is 11.9. The van der Waals surface area contributed by atoms with Crippen molar-refractivity contribution >= 4 is 27.7 Å². The Balaban J connectivity index is 1.89. The number of benzene rings is 1. The third kappa shape index (κ3) is 4.31. The minimum absolute atomic E-state index is 0.102. The zero-order valence-electron chi connectivity index (χ0n) is 13.6. The molecule has 1 aromatic heterocycles. The molecule has 1 aliphatic heterocycles. The highest BCUT2D eigenvalue weighted by atomic mass is 32.2. The number of nitrogens with one attached hydrogen (secondary N) is 1. The van der Waals surface area contributed by atoms with E-state index in [0.29, 0.717) is 17.4 Å². The Morgan fingerprint density at radius 3 is 2.76 bits per heavy atom. The first-order valence-electron chi connectivity index (χ1n) is 7.80. The number of ether oxygens (including phenoxy) is 1. The van der Waals surface area contributed by atoms with Gasteiger partial charge in [-0.3, -0.25) is 0 Å². The Labute approximate surface area is 149 Å². The Kier molecular flexibility index (Phi) is 5.28. The summed E-state index contributed by atoms with van der Waals surface area (Å²) in [7, 11) is -3.00. The SMILES string of the molecule is CCOC(=O)Nn1c(SC2CCS(=O)(=O)C2)nnc1-c1ccccc1. The van der Waals surface area contributed by atoms with Gasteiger partial charge in [-0.25, -0.2) is 23.3 Å². The van der Waals surface area contributed by atoms with Gasteiger partial charge in [0.15, 0.2) is 15.7 Å². The third-order valence-electron chi connectivity index (χ3n) is 3.61. The van der Waals surface area contributed by atoms with Gasteiger partial charge in [0.05, 0.1) is 18.1 Å². The monoisotopic (exact) mass is 382 g/mol. The normalized spacial score (nSPS) is 18.8. The van der Waals surface area contributed by atoms with Crippen LogP contribution < -0.4 is 5.43 Å². The smallest absolute Gasteiger partial charge is 0.426 e. The molecule has 0 saturated carbocycles. The molecule has 1 aliphatic rings. The lowest BCUT2D eigenvalue weighted by Crippen LogP contribution is -2.25. The van der Waals surface area contributed by atoms with E-state index in [2.05, 4.69) is 15.6 Å². The van der Waals surface area contributed by atoms with Crippen molar-refractivity contribution in [2.75, 3.05) is 23.5 Å². The number of aromatic nitrogens is 3. The standard InChI is InChI=1S/C15H18N4O4S2/c1-2-23-15(20)18-19-13(11-6-4-3-5-7-11)16-17-14(19)24-12-8-9-25(21,22)10-12/h3-7,12H,2,8-10H2,1H3,(H,18,20). The lowest BCUT2D eigenvalue weighted by Gasteiger charge is -2.12. The molecule has 1 unspecified atom stereocenters. The van der Waals surface area contributed by atoms with Crippen LogP contribution in [0.15, 0.2) is 35.5 Å². The lowest BCUT2D eigenvalue weighted by atomic mass is 10.2. The molecule has 2 heterocycles. The predicted octanol–water partition coefficient (Wildman–Crippen LogP) is 1.92. The number of rotatable bonds is 5. The van der Waals surface area contributed by atoms with E-state index in [1.807, 2.05) is 30.3 Å². The number of hydrogen-bond acceptors (Lipinski definition) is 7. The summed E-state index contributed by atoms with van der Waals surface area (Å²) in [6.45, 7) is 1.95. The number of nitrogens with zero attached hydrogens (tertiary/aromatic N) is 3. The van der Waals surface area contributed by atoms with Crippen LogP contribution in [0.3, 0.4) is 0 Å². The fourth-order valence-corrected chi connectivity index (χ4v) is 5.92. The molecule has 0 spiro atoms. The molecule has 0 radical (unpaired) electrons. The first-order valence-corrected chi connectivity index (χ1v) is 10.5. The van der Waals surface area contributed by atoms with Crippen molar-refractivity contribution in [3.05, 3.63) is 30.3 Å². The number of carbonyl (C=O) groups is 1. The van der Waals surface area contributed by atoms with Crippen molar-refractivity contribution in [2.24, 2.45) is 0 Å². The second-order valence-electron chi connectivity index (χ2n) is 5.48. The summed E-state index contributed by atoms with van der Waals surface area (Å²) in [6, 6.07) is 9.29. The van der Waals surface area contributed by atoms with Crippen molar-refractivity contribution in [3.8, 4) is 11.4 Å². The van der Waals surface area contributed by atoms with Gasteiger partial charge in [0, 0.05) is 10.8 Å². The number of thioether (sulfide) groups is 1. The van der Waals surface area contributed by atoms with Crippen molar-refractivity contribution < 1.29 is 17.9 Å². The summed E-state index contributed by atoms with van der Waals surface area (Å²) in [5.41, 5.74) is 3.39. The molecule has 1 saturated heterocycles. The summed E-state index contributed by atoms with van der Waals surface area (Å²) in [5, 5.41) is 8.59. The van der Waals surface area contributed by atoms with Crippen molar-refractivity contribution in [1.82, 2.24) is 14.9 Å². The van der Waals surface area contributed by atoms with Crippen LogP contribution in [-0.2, 0) is 14.6 Å². The topological polar surface area (TPSA) is 103 Å². The van der Waals surface area contributed by atoms with E-state index in [4.69, 9.17) is 4.74 Å². The van der Waals surface area contributed by atoms with E-state index >= 15 is 0 Å². The summed E-state index contributed by atoms with van der Waals surface area (Å²) in [5.74, 6) is 0.734. The summed E-state index contributed by atoms with van der Waals surface area (Å²) < 4.78 is 29.7. The molecule has 2 aromatic rings. The van der Waals surface area contributed by atoms with Gasteiger partial charge in [0.25, 0.3) is 0 Å². The molecule has 8 nitrogen and oxygen atoms in total. The zero-order valence-corrected chi connectivity index (χ0v) is 15.2. The second-order valence-corrected chi connectivity index (χ2v) is 8.98. The largest absolute Gasteiger partial charge is 0.449 e. The minimum atomic E-state index is -3.00. The van der Waals surface area contributed by atoms with Gasteiger partial charge in [-0.05, 0) is 13.3 Å². The Morgan fingerprint density at radius 2 is 2.12 bits per heavy atom. The van der Waals surface area contributed by atoms with Crippen LogP contribution >= 0.6 is 11.8 Å². The zero-order chi connectivity index (χ0) is 17.9. The molecule has 1 fully saturated rings. The van der Waals surface area contributed by atoms with Crippen LogP contribution in [0.2, 0.25) is 0 Å². The Hall–Kier alpha value is -2.07. The van der Waals surface area contributed by atoms with E-state index < -0.39 is 15.9 Å². The quantitative estimate of drug-likeness (QED) is 0.842. The molecule has 3 rings (SSSR count). The molecule has 134 valence electrons. The van der Waals surface area contributed by atoms with E-state index in [1.165, 1.54) is 16.4 Å². The first-order chi connectivity index (χ1) is 12.0. The van der Waals surface area contributed by atoms with Gasteiger partial charge in [0.1, 0.15) is 0 Å². The van der Waals surface area contributed by atoms with Gasteiger partial charge < -0.3 is 4.74 Å². The van der Waals surface area contributed by atoms with Crippen LogP contribution in [0.4, 0.5) is 4.79 Å². The summed E-state index contributed by atoms with van der Waals surface area (Å²) in [6.07, 6.45) is -0.0692. The van der Waals surface area contributed by atoms with Crippen LogP contribution in [0.5, 0.6) is 0 Å². The molecule has 0 bridgehead atoms. The molecule has 0 aliphatic carbocycles. The highest BCUT2D eigenvalue weighted by molar-refractivity contribution is 8.01. The number of amides is 1.